The Morgan fingerprint density at radius 3 is 2.68 bits per heavy atom. The predicted molar refractivity (Wildman–Crippen MR) is 115 cm³/mol. The number of hydrogen-bond donors (Lipinski definition) is 2. The van der Waals surface area contributed by atoms with Crippen LogP contribution in [0.25, 0.3) is 0 Å². The van der Waals surface area contributed by atoms with Crippen LogP contribution in [0.3, 0.4) is 0 Å². The van der Waals surface area contributed by atoms with Crippen molar-refractivity contribution in [3.05, 3.63) is 59.3 Å². The van der Waals surface area contributed by atoms with Gasteiger partial charge in [0.05, 0.1) is 0 Å². The second-order valence-electron chi connectivity index (χ2n) is 8.14. The SMILES string of the molecule is CNC(=O)c1ccnc(NC2CCCN(Cc3ccc(CC(C)C)cc3)C2)c1. The van der Waals surface area contributed by atoms with Crippen molar-refractivity contribution < 1.29 is 4.79 Å². The van der Waals surface area contributed by atoms with Crippen LogP contribution in [0.2, 0.25) is 0 Å². The molecule has 2 N–H and O–H groups in total. The van der Waals surface area contributed by atoms with Crippen molar-refractivity contribution in [1.29, 1.82) is 0 Å². The van der Waals surface area contributed by atoms with E-state index in [4.69, 9.17) is 0 Å². The predicted octanol–water partition coefficient (Wildman–Crippen LogP) is 3.72. The molecule has 1 fully saturated rings. The van der Waals surface area contributed by atoms with Gasteiger partial charge in [0.15, 0.2) is 0 Å². The van der Waals surface area contributed by atoms with Crippen LogP contribution in [-0.2, 0) is 13.0 Å². The van der Waals surface area contributed by atoms with Gasteiger partial charge in [-0.05, 0) is 55.0 Å². The lowest BCUT2D eigenvalue weighted by atomic mass is 10.0. The van der Waals surface area contributed by atoms with E-state index in [1.165, 1.54) is 11.1 Å². The molecule has 0 spiro atoms. The zero-order valence-corrected chi connectivity index (χ0v) is 17.2. The first-order chi connectivity index (χ1) is 13.5. The molecule has 0 aliphatic carbocycles. The number of hydrogen-bond acceptors (Lipinski definition) is 4. The summed E-state index contributed by atoms with van der Waals surface area (Å²) in [4.78, 5) is 18.7. The molecule has 1 aromatic heterocycles. The Hall–Kier alpha value is -2.40. The number of aromatic nitrogens is 1. The molecule has 3 rings (SSSR count). The Morgan fingerprint density at radius 2 is 1.96 bits per heavy atom. The number of amides is 1. The first-order valence-corrected chi connectivity index (χ1v) is 10.3. The lowest BCUT2D eigenvalue weighted by Gasteiger charge is -2.33. The van der Waals surface area contributed by atoms with Crippen LogP contribution < -0.4 is 10.6 Å². The van der Waals surface area contributed by atoms with Crippen molar-refractivity contribution in [2.75, 3.05) is 25.5 Å². The quantitative estimate of drug-likeness (QED) is 0.769. The third kappa shape index (κ3) is 5.80. The van der Waals surface area contributed by atoms with Crippen molar-refractivity contribution in [2.24, 2.45) is 5.92 Å². The Kier molecular flexibility index (Phi) is 7.04. The fourth-order valence-corrected chi connectivity index (χ4v) is 3.83. The fraction of sp³-hybridized carbons (Fsp3) is 0.478. The van der Waals surface area contributed by atoms with E-state index in [0.29, 0.717) is 17.5 Å². The van der Waals surface area contributed by atoms with Crippen molar-refractivity contribution in [3.63, 3.8) is 0 Å². The number of nitrogens with zero attached hydrogens (tertiary/aromatic N) is 2. The molecule has 1 unspecified atom stereocenters. The molecule has 5 heteroatoms. The van der Waals surface area contributed by atoms with E-state index in [9.17, 15) is 4.79 Å². The molecule has 1 aromatic carbocycles. The van der Waals surface area contributed by atoms with E-state index < -0.39 is 0 Å². The van der Waals surface area contributed by atoms with Gasteiger partial charge in [0.1, 0.15) is 5.82 Å². The molecule has 5 nitrogen and oxygen atoms in total. The Labute approximate surface area is 168 Å². The minimum atomic E-state index is -0.0864. The summed E-state index contributed by atoms with van der Waals surface area (Å²) in [6.45, 7) is 7.60. The normalized spacial score (nSPS) is 17.5. The summed E-state index contributed by atoms with van der Waals surface area (Å²) in [7, 11) is 1.64. The van der Waals surface area contributed by atoms with E-state index in [0.717, 1.165) is 44.7 Å². The monoisotopic (exact) mass is 380 g/mol. The van der Waals surface area contributed by atoms with E-state index in [1.54, 1.807) is 19.3 Å². The molecule has 1 aliphatic rings. The lowest BCUT2D eigenvalue weighted by Crippen LogP contribution is -2.41. The standard InChI is InChI=1S/C23H32N4O/c1-17(2)13-18-6-8-19(9-7-18)15-27-12-4-5-21(16-27)26-22-14-20(10-11-25-22)23(28)24-3/h6-11,14,17,21H,4-5,12-13,15-16H2,1-3H3,(H,24,28)(H,25,26). The van der Waals surface area contributed by atoms with Crippen LogP contribution in [0.1, 0.15) is 48.2 Å². The molecule has 1 aliphatic heterocycles. The van der Waals surface area contributed by atoms with Gasteiger partial charge in [-0.15, -0.1) is 0 Å². The van der Waals surface area contributed by atoms with Crippen LogP contribution in [0.5, 0.6) is 0 Å². The molecule has 2 aromatic rings. The number of carbonyl (C=O) groups excluding carboxylic acids is 1. The average molecular weight is 381 g/mol. The molecular weight excluding hydrogens is 348 g/mol. The Bertz CT molecular complexity index is 772. The van der Waals surface area contributed by atoms with Gasteiger partial charge in [0, 0.05) is 37.9 Å². The number of benzene rings is 1. The average Bonchev–Trinajstić information content (AvgIpc) is 2.69. The maximum absolute atomic E-state index is 11.8. The third-order valence-corrected chi connectivity index (χ3v) is 5.18. The highest BCUT2D eigenvalue weighted by Crippen LogP contribution is 2.18. The minimum Gasteiger partial charge on any atom is -0.366 e. The Balaban J connectivity index is 1.56. The van der Waals surface area contributed by atoms with Crippen LogP contribution in [0.4, 0.5) is 5.82 Å². The van der Waals surface area contributed by atoms with Crippen molar-refractivity contribution in [2.45, 2.75) is 45.7 Å². The second-order valence-corrected chi connectivity index (χ2v) is 8.14. The first-order valence-electron chi connectivity index (χ1n) is 10.3. The van der Waals surface area contributed by atoms with Crippen LogP contribution in [0.15, 0.2) is 42.6 Å². The molecule has 1 saturated heterocycles. The highest BCUT2D eigenvalue weighted by Gasteiger charge is 2.20. The number of piperidine rings is 1. The van der Waals surface area contributed by atoms with Gasteiger partial charge in [-0.25, -0.2) is 4.98 Å². The number of rotatable bonds is 7. The van der Waals surface area contributed by atoms with Gasteiger partial charge in [-0.3, -0.25) is 9.69 Å². The number of carbonyl (C=O) groups is 1. The maximum Gasteiger partial charge on any atom is 0.251 e. The highest BCUT2D eigenvalue weighted by atomic mass is 16.1. The Morgan fingerprint density at radius 1 is 1.21 bits per heavy atom. The summed E-state index contributed by atoms with van der Waals surface area (Å²) in [5, 5.41) is 6.17. The molecule has 0 radical (unpaired) electrons. The summed E-state index contributed by atoms with van der Waals surface area (Å²) in [5.41, 5.74) is 3.42. The summed E-state index contributed by atoms with van der Waals surface area (Å²) < 4.78 is 0. The molecular formula is C23H32N4O. The van der Waals surface area contributed by atoms with E-state index in [-0.39, 0.29) is 5.91 Å². The number of pyridine rings is 1. The van der Waals surface area contributed by atoms with Gasteiger partial charge in [0.25, 0.3) is 5.91 Å². The summed E-state index contributed by atoms with van der Waals surface area (Å²) in [5.74, 6) is 1.37. The van der Waals surface area contributed by atoms with Crippen LogP contribution in [-0.4, -0.2) is 42.0 Å². The van der Waals surface area contributed by atoms with Crippen molar-refractivity contribution in [1.82, 2.24) is 15.2 Å². The molecule has 2 heterocycles. The summed E-state index contributed by atoms with van der Waals surface area (Å²) in [6, 6.07) is 13.0. The first kappa shape index (κ1) is 20.3. The molecule has 150 valence electrons. The lowest BCUT2D eigenvalue weighted by molar-refractivity contribution is 0.0963. The second kappa shape index (κ2) is 9.69. The highest BCUT2D eigenvalue weighted by molar-refractivity contribution is 5.94. The number of anilines is 1. The molecule has 0 bridgehead atoms. The van der Waals surface area contributed by atoms with Gasteiger partial charge < -0.3 is 10.6 Å². The minimum absolute atomic E-state index is 0.0864. The summed E-state index contributed by atoms with van der Waals surface area (Å²) in [6.07, 6.45) is 5.11. The third-order valence-electron chi connectivity index (χ3n) is 5.18. The van der Waals surface area contributed by atoms with E-state index in [2.05, 4.69) is 58.6 Å². The molecule has 0 saturated carbocycles. The van der Waals surface area contributed by atoms with E-state index >= 15 is 0 Å². The van der Waals surface area contributed by atoms with Crippen LogP contribution in [0, 0.1) is 5.92 Å². The maximum atomic E-state index is 11.8. The largest absolute Gasteiger partial charge is 0.366 e. The zero-order valence-electron chi connectivity index (χ0n) is 17.2. The van der Waals surface area contributed by atoms with Gasteiger partial charge in [-0.1, -0.05) is 38.1 Å². The smallest absolute Gasteiger partial charge is 0.251 e. The van der Waals surface area contributed by atoms with Gasteiger partial charge in [0.2, 0.25) is 0 Å². The van der Waals surface area contributed by atoms with Gasteiger partial charge >= 0.3 is 0 Å². The number of likely N-dealkylation sites (tertiary alicyclic amines) is 1. The van der Waals surface area contributed by atoms with E-state index in [1.807, 2.05) is 6.07 Å². The zero-order chi connectivity index (χ0) is 19.9. The fourth-order valence-electron chi connectivity index (χ4n) is 3.83. The molecule has 1 amide bonds. The van der Waals surface area contributed by atoms with Gasteiger partial charge in [-0.2, -0.15) is 0 Å². The topological polar surface area (TPSA) is 57.3 Å². The van der Waals surface area contributed by atoms with Crippen molar-refractivity contribution in [3.8, 4) is 0 Å². The number of nitrogens with one attached hydrogen (secondary N) is 2. The van der Waals surface area contributed by atoms with Crippen molar-refractivity contribution >= 4 is 11.7 Å². The molecule has 28 heavy (non-hydrogen) atoms. The molecule has 1 atom stereocenters. The summed E-state index contributed by atoms with van der Waals surface area (Å²) >= 11 is 0. The van der Waals surface area contributed by atoms with Crippen LogP contribution >= 0.6 is 0 Å².